The lowest BCUT2D eigenvalue weighted by Crippen LogP contribution is -2.40. The van der Waals surface area contributed by atoms with Gasteiger partial charge in [-0.3, -0.25) is 4.98 Å². The minimum absolute atomic E-state index is 0.201. The number of nitrogens with one attached hydrogen (secondary N) is 1. The number of aromatic nitrogens is 3. The Morgan fingerprint density at radius 1 is 1.21 bits per heavy atom. The predicted molar refractivity (Wildman–Crippen MR) is 136 cm³/mol. The molecule has 1 saturated heterocycles. The van der Waals surface area contributed by atoms with Gasteiger partial charge in [-0.05, 0) is 67.2 Å². The number of sulfonamides is 1. The van der Waals surface area contributed by atoms with E-state index in [0.717, 1.165) is 48.5 Å². The van der Waals surface area contributed by atoms with Crippen LogP contribution in [0.2, 0.25) is 0 Å². The van der Waals surface area contributed by atoms with Crippen molar-refractivity contribution in [2.24, 2.45) is 17.8 Å². The molecule has 180 valence electrons. The van der Waals surface area contributed by atoms with Gasteiger partial charge in [-0.2, -0.15) is 0 Å². The molecule has 2 aromatic rings. The number of piperidine rings is 1. The van der Waals surface area contributed by atoms with E-state index in [-0.39, 0.29) is 17.8 Å². The Morgan fingerprint density at radius 2 is 2.03 bits per heavy atom. The number of nitrogens with zero attached hydrogens (tertiary/aromatic N) is 3. The molecule has 0 spiro atoms. The van der Waals surface area contributed by atoms with Gasteiger partial charge >= 0.3 is 0 Å². The SMILES string of the molecule is CS(=O)(=O)N1CCC(C2c3ncccc3C(CCCc3cnc[nH]3)=CC3C=C(Cl)C=CC32)CC1. The van der Waals surface area contributed by atoms with Crippen molar-refractivity contribution in [2.75, 3.05) is 19.3 Å². The Kier molecular flexibility index (Phi) is 6.78. The molecule has 1 fully saturated rings. The number of halogens is 1. The summed E-state index contributed by atoms with van der Waals surface area (Å²) in [5, 5.41) is 0.777. The number of imidazole rings is 1. The van der Waals surface area contributed by atoms with Crippen molar-refractivity contribution in [3.8, 4) is 0 Å². The van der Waals surface area contributed by atoms with Crippen molar-refractivity contribution in [3.05, 3.63) is 77.1 Å². The fourth-order valence-corrected chi connectivity index (χ4v) is 6.96. The fourth-order valence-electron chi connectivity index (χ4n) is 5.87. The summed E-state index contributed by atoms with van der Waals surface area (Å²) < 4.78 is 25.8. The lowest BCUT2D eigenvalue weighted by atomic mass is 9.69. The molecule has 34 heavy (non-hydrogen) atoms. The third-order valence-electron chi connectivity index (χ3n) is 7.50. The first-order valence-electron chi connectivity index (χ1n) is 12.0. The van der Waals surface area contributed by atoms with E-state index < -0.39 is 10.0 Å². The highest BCUT2D eigenvalue weighted by Crippen LogP contribution is 2.49. The fraction of sp³-hybridized carbons (Fsp3) is 0.462. The van der Waals surface area contributed by atoms with Crippen molar-refractivity contribution in [1.82, 2.24) is 19.3 Å². The van der Waals surface area contributed by atoms with Crippen LogP contribution in [-0.4, -0.2) is 47.0 Å². The van der Waals surface area contributed by atoms with E-state index in [1.807, 2.05) is 24.5 Å². The molecule has 0 saturated carbocycles. The number of fused-ring (bicyclic) bond motifs is 2. The third-order valence-corrected chi connectivity index (χ3v) is 9.06. The van der Waals surface area contributed by atoms with E-state index in [0.29, 0.717) is 19.0 Å². The molecule has 1 aliphatic heterocycles. The molecule has 0 aromatic carbocycles. The maximum atomic E-state index is 12.1. The summed E-state index contributed by atoms with van der Waals surface area (Å²) in [6, 6.07) is 4.23. The lowest BCUT2D eigenvalue weighted by molar-refractivity contribution is 0.209. The monoisotopic (exact) mass is 498 g/mol. The van der Waals surface area contributed by atoms with Gasteiger partial charge in [0.05, 0.1) is 18.3 Å². The second-order valence-electron chi connectivity index (χ2n) is 9.65. The Balaban J connectivity index is 1.46. The highest BCUT2D eigenvalue weighted by molar-refractivity contribution is 7.88. The van der Waals surface area contributed by atoms with Gasteiger partial charge in [-0.15, -0.1) is 0 Å². The molecule has 6 nitrogen and oxygen atoms in total. The Morgan fingerprint density at radius 3 is 2.76 bits per heavy atom. The molecule has 2 aromatic heterocycles. The highest BCUT2D eigenvalue weighted by atomic mass is 35.5. The van der Waals surface area contributed by atoms with Crippen molar-refractivity contribution >= 4 is 27.2 Å². The van der Waals surface area contributed by atoms with Crippen molar-refractivity contribution in [2.45, 2.75) is 38.0 Å². The van der Waals surface area contributed by atoms with Crippen LogP contribution in [0.3, 0.4) is 0 Å². The first-order chi connectivity index (χ1) is 16.4. The van der Waals surface area contributed by atoms with Gasteiger partial charge in [-0.25, -0.2) is 17.7 Å². The van der Waals surface area contributed by atoms with Gasteiger partial charge in [0.2, 0.25) is 10.0 Å². The molecular formula is C26H31ClN4O2S. The largest absolute Gasteiger partial charge is 0.348 e. The van der Waals surface area contributed by atoms with Crippen molar-refractivity contribution in [1.29, 1.82) is 0 Å². The average molecular weight is 499 g/mol. The van der Waals surface area contributed by atoms with Crippen LogP contribution < -0.4 is 0 Å². The zero-order valence-electron chi connectivity index (χ0n) is 19.4. The van der Waals surface area contributed by atoms with Crippen LogP contribution in [0, 0.1) is 17.8 Å². The summed E-state index contributed by atoms with van der Waals surface area (Å²) in [5.41, 5.74) is 4.86. The van der Waals surface area contributed by atoms with Gasteiger partial charge in [0.1, 0.15) is 0 Å². The van der Waals surface area contributed by atoms with Gasteiger partial charge in [0.15, 0.2) is 0 Å². The molecule has 8 heteroatoms. The minimum Gasteiger partial charge on any atom is -0.348 e. The molecule has 0 radical (unpaired) electrons. The first-order valence-corrected chi connectivity index (χ1v) is 14.3. The van der Waals surface area contributed by atoms with E-state index >= 15 is 0 Å². The Labute approximate surface area is 206 Å². The summed E-state index contributed by atoms with van der Waals surface area (Å²) in [4.78, 5) is 12.3. The lowest BCUT2D eigenvalue weighted by Gasteiger charge is -2.39. The predicted octanol–water partition coefficient (Wildman–Crippen LogP) is 4.90. The topological polar surface area (TPSA) is 79.0 Å². The number of hydrogen-bond donors (Lipinski definition) is 1. The Bertz CT molecular complexity index is 1210. The second-order valence-corrected chi connectivity index (χ2v) is 12.1. The maximum absolute atomic E-state index is 12.1. The molecule has 3 atom stereocenters. The number of hydrogen-bond acceptors (Lipinski definition) is 4. The third kappa shape index (κ3) is 4.92. The van der Waals surface area contributed by atoms with Crippen LogP contribution in [0.15, 0.2) is 60.2 Å². The number of aromatic amines is 1. The molecule has 3 unspecified atom stereocenters. The summed E-state index contributed by atoms with van der Waals surface area (Å²) in [6.45, 7) is 1.15. The number of rotatable bonds is 6. The van der Waals surface area contributed by atoms with Gasteiger partial charge in [0.25, 0.3) is 0 Å². The molecule has 0 bridgehead atoms. The molecule has 5 rings (SSSR count). The number of aryl methyl sites for hydroxylation is 1. The van der Waals surface area contributed by atoms with Crippen LogP contribution in [0.5, 0.6) is 0 Å². The summed E-state index contributed by atoms with van der Waals surface area (Å²) in [5.74, 6) is 1.05. The smallest absolute Gasteiger partial charge is 0.211 e. The zero-order valence-corrected chi connectivity index (χ0v) is 21.0. The van der Waals surface area contributed by atoms with Crippen molar-refractivity contribution in [3.63, 3.8) is 0 Å². The van der Waals surface area contributed by atoms with Crippen molar-refractivity contribution < 1.29 is 8.42 Å². The second kappa shape index (κ2) is 9.80. The van der Waals surface area contributed by atoms with E-state index in [9.17, 15) is 8.42 Å². The number of pyridine rings is 1. The van der Waals surface area contributed by atoms with E-state index in [2.05, 4.69) is 34.3 Å². The highest BCUT2D eigenvalue weighted by Gasteiger charge is 2.40. The van der Waals surface area contributed by atoms with Gasteiger partial charge in [0, 0.05) is 48.0 Å². The first kappa shape index (κ1) is 23.5. The molecule has 3 aliphatic rings. The summed E-state index contributed by atoms with van der Waals surface area (Å²) in [7, 11) is -3.16. The van der Waals surface area contributed by atoms with Crippen LogP contribution >= 0.6 is 11.6 Å². The summed E-state index contributed by atoms with van der Waals surface area (Å²) >= 11 is 6.47. The van der Waals surface area contributed by atoms with Gasteiger partial charge in [-0.1, -0.05) is 35.9 Å². The Hall–Kier alpha value is -2.22. The van der Waals surface area contributed by atoms with Crippen LogP contribution in [-0.2, 0) is 16.4 Å². The number of H-pyrrole nitrogens is 1. The van der Waals surface area contributed by atoms with E-state index in [4.69, 9.17) is 16.6 Å². The van der Waals surface area contributed by atoms with E-state index in [1.165, 1.54) is 17.4 Å². The van der Waals surface area contributed by atoms with Crippen LogP contribution in [0.4, 0.5) is 0 Å². The number of allylic oxidation sites excluding steroid dienone is 6. The van der Waals surface area contributed by atoms with Crippen LogP contribution in [0.25, 0.3) is 5.57 Å². The molecule has 0 amide bonds. The molecular weight excluding hydrogens is 468 g/mol. The molecule has 1 N–H and O–H groups in total. The standard InChI is InChI=1S/C26H31ClN4O2S/c1-34(32,33)31-12-9-18(10-13-31)25-23-8-7-21(27)15-20(23)14-19(24-6-3-11-29-26(24)25)4-2-5-22-16-28-17-30-22/h3,6-8,11,14-18,20,23,25H,2,4-5,9-10,12-13H2,1H3,(H,28,30). The average Bonchev–Trinajstić information content (AvgIpc) is 3.29. The summed E-state index contributed by atoms with van der Waals surface area (Å²) in [6.07, 6.45) is 20.3. The zero-order chi connectivity index (χ0) is 23.7. The minimum atomic E-state index is -3.16. The molecule has 2 aliphatic carbocycles. The van der Waals surface area contributed by atoms with Crippen LogP contribution in [0.1, 0.15) is 48.6 Å². The normalized spacial score (nSPS) is 25.8. The van der Waals surface area contributed by atoms with E-state index in [1.54, 1.807) is 10.6 Å². The maximum Gasteiger partial charge on any atom is 0.211 e. The molecule has 3 heterocycles. The van der Waals surface area contributed by atoms with Gasteiger partial charge < -0.3 is 4.98 Å². The quantitative estimate of drug-likeness (QED) is 0.614.